The highest BCUT2D eigenvalue weighted by Crippen LogP contribution is 2.26. The highest BCUT2D eigenvalue weighted by atomic mass is 16.7. The number of aliphatic hydroxyl groups is 2. The van der Waals surface area contributed by atoms with E-state index in [0.717, 1.165) is 128 Å². The Bertz CT molecular complexity index is 1720. The van der Waals surface area contributed by atoms with E-state index in [1.54, 1.807) is 0 Å². The van der Waals surface area contributed by atoms with Crippen LogP contribution in [0.5, 0.6) is 0 Å². The number of esters is 3. The van der Waals surface area contributed by atoms with Crippen LogP contribution in [0, 0.1) is 0 Å². The molecule has 0 aromatic carbocycles. The van der Waals surface area contributed by atoms with E-state index in [2.05, 4.69) is 118 Å². The lowest BCUT2D eigenvalue weighted by Crippen LogP contribution is -2.61. The van der Waals surface area contributed by atoms with Gasteiger partial charge in [-0.3, -0.25) is 14.4 Å². The molecule has 0 spiro atoms. The van der Waals surface area contributed by atoms with Gasteiger partial charge in [0.25, 0.3) is 0 Å². The van der Waals surface area contributed by atoms with Crippen molar-refractivity contribution in [3.8, 4) is 0 Å². The van der Waals surface area contributed by atoms with Gasteiger partial charge in [0.15, 0.2) is 24.6 Å². The molecule has 0 aliphatic carbocycles. The summed E-state index contributed by atoms with van der Waals surface area (Å²) < 4.78 is 28.3. The fraction of sp³-hybridized carbons (Fsp3) is 0.651. The molecule has 75 heavy (non-hydrogen) atoms. The number of rotatable bonds is 47. The maximum Gasteiger partial charge on any atom is 0.335 e. The molecule has 1 aliphatic heterocycles. The predicted octanol–water partition coefficient (Wildman–Crippen LogP) is 14.7. The summed E-state index contributed by atoms with van der Waals surface area (Å²) in [6, 6.07) is 0. The summed E-state index contributed by atoms with van der Waals surface area (Å²) in [5.41, 5.74) is 0. The van der Waals surface area contributed by atoms with Gasteiger partial charge in [-0.1, -0.05) is 194 Å². The number of allylic oxidation sites excluding steroid dienone is 18. The van der Waals surface area contributed by atoms with Gasteiger partial charge in [-0.25, -0.2) is 4.79 Å². The second kappa shape index (κ2) is 50.2. The summed E-state index contributed by atoms with van der Waals surface area (Å²) in [4.78, 5) is 51.0. The van der Waals surface area contributed by atoms with Gasteiger partial charge in [0.05, 0.1) is 6.61 Å². The predicted molar refractivity (Wildman–Crippen MR) is 303 cm³/mol. The van der Waals surface area contributed by atoms with E-state index in [1.807, 2.05) is 12.2 Å². The molecule has 0 aromatic heterocycles. The summed E-state index contributed by atoms with van der Waals surface area (Å²) in [6.07, 6.45) is 55.0. The Morgan fingerprint density at radius 3 is 1.33 bits per heavy atom. The van der Waals surface area contributed by atoms with Crippen molar-refractivity contribution in [2.24, 2.45) is 0 Å². The number of aliphatic hydroxyl groups excluding tert-OH is 2. The molecule has 0 bridgehead atoms. The standard InChI is InChI=1S/C63H100O12/c1-4-7-10-13-16-19-22-25-27-28-30-32-34-37-40-43-46-49-55(64)71-52-54(73-56(65)50-47-44-41-38-35-31-24-21-18-15-12-9-6-3)53-72-63-61(59(68)58(67)60(75-63)62(69)70)74-57(66)51-48-45-42-39-36-33-29-26-23-20-17-14-11-8-5-2/h7,9-10,12,16-21,25-27,29,31,35,41,44,54,58-61,63,67-68H,4-6,8,11,13-15,22-24,28,30,32-34,36-40,42-43,45-53H2,1-3H3,(H,69,70)/b10-7-,12-9-,19-16-,20-17-,21-18-,27-25-,29-26-,35-31-,44-41-. The van der Waals surface area contributed by atoms with Gasteiger partial charge in [-0.2, -0.15) is 0 Å². The summed E-state index contributed by atoms with van der Waals surface area (Å²) in [5.74, 6) is -3.27. The third-order valence-electron chi connectivity index (χ3n) is 12.3. The average molecular weight is 1050 g/mol. The van der Waals surface area contributed by atoms with Crippen LogP contribution in [0.4, 0.5) is 0 Å². The minimum Gasteiger partial charge on any atom is -0.479 e. The summed E-state index contributed by atoms with van der Waals surface area (Å²) in [7, 11) is 0. The Morgan fingerprint density at radius 2 is 0.867 bits per heavy atom. The van der Waals surface area contributed by atoms with Crippen molar-refractivity contribution in [3.05, 3.63) is 109 Å². The minimum atomic E-state index is -1.92. The molecule has 1 saturated heterocycles. The molecule has 424 valence electrons. The average Bonchev–Trinajstić information content (AvgIpc) is 3.39. The van der Waals surface area contributed by atoms with Crippen molar-refractivity contribution in [1.29, 1.82) is 0 Å². The third-order valence-corrected chi connectivity index (χ3v) is 12.3. The number of carbonyl (C=O) groups excluding carboxylic acids is 3. The van der Waals surface area contributed by atoms with Crippen molar-refractivity contribution in [1.82, 2.24) is 0 Å². The SMILES string of the molecule is CC/C=C\C/C=C\C/C=C\C/C=C\CCC(=O)OC(COC(=O)CCCCCCCCC/C=C\C/C=C\C/C=C\CC)COC1OC(C(=O)O)C(O)C(O)C1OC(=O)CCCCCCC/C=C\C/C=C\CCCCC. The number of aliphatic carboxylic acids is 1. The van der Waals surface area contributed by atoms with Crippen LogP contribution in [-0.2, 0) is 42.9 Å². The van der Waals surface area contributed by atoms with E-state index in [0.29, 0.717) is 25.7 Å². The number of carbonyl (C=O) groups is 4. The molecule has 1 fully saturated rings. The van der Waals surface area contributed by atoms with Crippen LogP contribution >= 0.6 is 0 Å². The van der Waals surface area contributed by atoms with E-state index < -0.39 is 67.3 Å². The molecule has 1 rings (SSSR count). The smallest absolute Gasteiger partial charge is 0.335 e. The lowest BCUT2D eigenvalue weighted by molar-refractivity contribution is -0.301. The van der Waals surface area contributed by atoms with Gasteiger partial charge in [-0.15, -0.1) is 0 Å². The maximum atomic E-state index is 13.1. The quantitative estimate of drug-likeness (QED) is 0.0228. The second-order valence-electron chi connectivity index (χ2n) is 19.2. The highest BCUT2D eigenvalue weighted by Gasteiger charge is 2.50. The van der Waals surface area contributed by atoms with Crippen LogP contribution in [0.2, 0.25) is 0 Å². The molecular weight excluding hydrogens is 949 g/mol. The number of carboxylic acid groups (broad SMARTS) is 1. The van der Waals surface area contributed by atoms with E-state index in [1.165, 1.54) is 19.3 Å². The van der Waals surface area contributed by atoms with Crippen LogP contribution in [-0.4, -0.2) is 89.2 Å². The Kier molecular flexibility index (Phi) is 45.8. The van der Waals surface area contributed by atoms with E-state index in [9.17, 15) is 34.5 Å². The first-order valence-electron chi connectivity index (χ1n) is 28.9. The Labute approximate surface area is 453 Å². The molecule has 0 saturated carbocycles. The molecule has 6 unspecified atom stereocenters. The molecule has 6 atom stereocenters. The van der Waals surface area contributed by atoms with Gasteiger partial charge >= 0.3 is 23.9 Å². The molecule has 12 heteroatoms. The van der Waals surface area contributed by atoms with Gasteiger partial charge in [-0.05, 0) is 109 Å². The first-order valence-corrected chi connectivity index (χ1v) is 28.9. The van der Waals surface area contributed by atoms with Crippen molar-refractivity contribution in [2.45, 2.75) is 250 Å². The summed E-state index contributed by atoms with van der Waals surface area (Å²) >= 11 is 0. The van der Waals surface area contributed by atoms with Crippen molar-refractivity contribution in [3.63, 3.8) is 0 Å². The minimum absolute atomic E-state index is 0.0304. The Balaban J connectivity index is 2.75. The fourth-order valence-corrected chi connectivity index (χ4v) is 7.95. The molecule has 12 nitrogen and oxygen atoms in total. The van der Waals surface area contributed by atoms with Crippen LogP contribution in [0.3, 0.4) is 0 Å². The van der Waals surface area contributed by atoms with Crippen LogP contribution in [0.15, 0.2) is 109 Å². The number of hydrogen-bond donors (Lipinski definition) is 3. The summed E-state index contributed by atoms with van der Waals surface area (Å²) in [6.45, 7) is 5.65. The zero-order valence-corrected chi connectivity index (χ0v) is 46.5. The normalized spacial score (nSPS) is 19.0. The zero-order valence-electron chi connectivity index (χ0n) is 46.5. The fourth-order valence-electron chi connectivity index (χ4n) is 7.95. The van der Waals surface area contributed by atoms with E-state index in [4.69, 9.17) is 23.7 Å². The topological polar surface area (TPSA) is 175 Å². The Hall–Kier alpha value is -4.62. The zero-order chi connectivity index (χ0) is 54.7. The first kappa shape index (κ1) is 68.4. The molecule has 0 amide bonds. The van der Waals surface area contributed by atoms with Crippen LogP contribution < -0.4 is 0 Å². The van der Waals surface area contributed by atoms with Gasteiger partial charge in [0.2, 0.25) is 0 Å². The first-order chi connectivity index (χ1) is 36.6. The number of ether oxygens (including phenoxy) is 5. The number of unbranched alkanes of at least 4 members (excludes halogenated alkanes) is 15. The third kappa shape index (κ3) is 40.3. The van der Waals surface area contributed by atoms with Crippen LogP contribution in [0.1, 0.15) is 213 Å². The van der Waals surface area contributed by atoms with Crippen molar-refractivity contribution < 1.29 is 58.2 Å². The lowest BCUT2D eigenvalue weighted by Gasteiger charge is -2.40. The second-order valence-corrected chi connectivity index (χ2v) is 19.2. The monoisotopic (exact) mass is 1050 g/mol. The molecule has 1 aliphatic rings. The Morgan fingerprint density at radius 1 is 0.453 bits per heavy atom. The van der Waals surface area contributed by atoms with Gasteiger partial charge in [0, 0.05) is 19.3 Å². The van der Waals surface area contributed by atoms with E-state index >= 15 is 0 Å². The van der Waals surface area contributed by atoms with Crippen LogP contribution in [0.25, 0.3) is 0 Å². The van der Waals surface area contributed by atoms with Crippen molar-refractivity contribution >= 4 is 23.9 Å². The molecule has 3 N–H and O–H groups in total. The highest BCUT2D eigenvalue weighted by molar-refractivity contribution is 5.74. The molecule has 1 heterocycles. The lowest BCUT2D eigenvalue weighted by atomic mass is 9.98. The van der Waals surface area contributed by atoms with Crippen molar-refractivity contribution in [2.75, 3.05) is 13.2 Å². The molecular formula is C63H100O12. The van der Waals surface area contributed by atoms with E-state index in [-0.39, 0.29) is 25.9 Å². The maximum absolute atomic E-state index is 13.1. The van der Waals surface area contributed by atoms with Gasteiger partial charge in [0.1, 0.15) is 18.8 Å². The summed E-state index contributed by atoms with van der Waals surface area (Å²) in [5, 5.41) is 31.4. The number of carboxylic acids is 1. The number of hydrogen-bond acceptors (Lipinski definition) is 11. The largest absolute Gasteiger partial charge is 0.479 e. The molecule has 0 radical (unpaired) electrons. The molecule has 0 aromatic rings. The van der Waals surface area contributed by atoms with Gasteiger partial charge < -0.3 is 39.0 Å².